The fourth-order valence-corrected chi connectivity index (χ4v) is 3.04. The molecular formula is C18H12Br2N3+. The molecule has 0 atom stereocenters. The molecule has 3 aromatic carbocycles. The van der Waals surface area contributed by atoms with E-state index < -0.39 is 0 Å². The zero-order chi connectivity index (χ0) is 16.2. The lowest BCUT2D eigenvalue weighted by Crippen LogP contribution is -2.09. The van der Waals surface area contributed by atoms with Crippen LogP contribution in [0.3, 0.4) is 0 Å². The monoisotopic (exact) mass is 428 g/mol. The van der Waals surface area contributed by atoms with Crippen molar-refractivity contribution in [2.24, 2.45) is 0 Å². The van der Waals surface area contributed by atoms with E-state index >= 15 is 0 Å². The molecule has 0 aliphatic carbocycles. The minimum absolute atomic E-state index is 0.498. The molecule has 3 rings (SSSR count). The first-order valence-corrected chi connectivity index (χ1v) is 8.53. The lowest BCUT2D eigenvalue weighted by atomic mass is 10.2. The molecule has 0 saturated heterocycles. The average molecular weight is 430 g/mol. The summed E-state index contributed by atoms with van der Waals surface area (Å²) in [6.45, 7) is 0. The standard InChI is InChI=1S/C18H12Br2N3/c19-13-6-8-15(9-7-13)23(14-4-2-1-3-5-14)16-10-11-18(22-21)17(20)12-16/h1-12H/q+1. The summed E-state index contributed by atoms with van der Waals surface area (Å²) in [6.07, 6.45) is 0. The van der Waals surface area contributed by atoms with Crippen LogP contribution in [0, 0.1) is 5.39 Å². The molecule has 0 heterocycles. The van der Waals surface area contributed by atoms with Crippen molar-refractivity contribution in [3.05, 3.63) is 86.7 Å². The summed E-state index contributed by atoms with van der Waals surface area (Å²) in [7, 11) is 0. The van der Waals surface area contributed by atoms with E-state index in [-0.39, 0.29) is 0 Å². The van der Waals surface area contributed by atoms with Crippen molar-refractivity contribution in [1.29, 1.82) is 5.39 Å². The minimum atomic E-state index is 0.498. The predicted octanol–water partition coefficient (Wildman–Crippen LogP) is 7.17. The van der Waals surface area contributed by atoms with Gasteiger partial charge in [-0.1, -0.05) is 34.1 Å². The second kappa shape index (κ2) is 6.95. The SMILES string of the molecule is N#[N+]c1ccc(N(c2ccccc2)c2ccc(Br)cc2)cc1Br. The Balaban J connectivity index is 2.14. The van der Waals surface area contributed by atoms with Crippen LogP contribution < -0.4 is 4.90 Å². The summed E-state index contributed by atoms with van der Waals surface area (Å²) < 4.78 is 1.76. The third-order valence-electron chi connectivity index (χ3n) is 3.40. The molecule has 0 aliphatic rings. The first-order chi connectivity index (χ1) is 11.2. The normalized spacial score (nSPS) is 10.1. The van der Waals surface area contributed by atoms with E-state index in [4.69, 9.17) is 5.39 Å². The molecule has 0 bridgehead atoms. The van der Waals surface area contributed by atoms with E-state index in [1.165, 1.54) is 0 Å². The molecule has 0 unspecified atom stereocenters. The smallest absolute Gasteiger partial charge is 0.310 e. The van der Waals surface area contributed by atoms with Crippen molar-refractivity contribution in [3.8, 4) is 0 Å². The summed E-state index contributed by atoms with van der Waals surface area (Å²) in [5, 5.41) is 8.99. The fourth-order valence-electron chi connectivity index (χ4n) is 2.33. The molecule has 0 N–H and O–H groups in total. The molecule has 0 aromatic heterocycles. The highest BCUT2D eigenvalue weighted by molar-refractivity contribution is 9.10. The van der Waals surface area contributed by atoms with E-state index in [1.807, 2.05) is 42.5 Å². The maximum Gasteiger partial charge on any atom is 0.399 e. The molecule has 0 saturated carbocycles. The van der Waals surface area contributed by atoms with E-state index in [2.05, 4.69) is 66.0 Å². The van der Waals surface area contributed by atoms with Crippen LogP contribution >= 0.6 is 31.9 Å². The topological polar surface area (TPSA) is 31.4 Å². The van der Waals surface area contributed by atoms with Gasteiger partial charge < -0.3 is 4.90 Å². The quantitative estimate of drug-likeness (QED) is 0.413. The lowest BCUT2D eigenvalue weighted by molar-refractivity contribution is 1.28. The second-order valence-corrected chi connectivity index (χ2v) is 6.65. The van der Waals surface area contributed by atoms with Crippen molar-refractivity contribution in [3.63, 3.8) is 0 Å². The van der Waals surface area contributed by atoms with E-state index in [0.29, 0.717) is 5.69 Å². The van der Waals surface area contributed by atoms with Gasteiger partial charge in [-0.3, -0.25) is 0 Å². The molecule has 3 nitrogen and oxygen atoms in total. The Morgan fingerprint density at radius 1 is 0.739 bits per heavy atom. The lowest BCUT2D eigenvalue weighted by Gasteiger charge is -2.25. The molecule has 112 valence electrons. The van der Waals surface area contributed by atoms with Gasteiger partial charge in [0.1, 0.15) is 4.47 Å². The third-order valence-corrected chi connectivity index (χ3v) is 4.56. The number of hydrogen-bond donors (Lipinski definition) is 0. The summed E-state index contributed by atoms with van der Waals surface area (Å²) in [5.41, 5.74) is 3.56. The van der Waals surface area contributed by atoms with Crippen LogP contribution in [-0.4, -0.2) is 0 Å². The van der Waals surface area contributed by atoms with Gasteiger partial charge in [0.05, 0.1) is 0 Å². The Bertz CT molecular complexity index is 856. The summed E-state index contributed by atoms with van der Waals surface area (Å²) >= 11 is 6.92. The number of hydrogen-bond acceptors (Lipinski definition) is 2. The summed E-state index contributed by atoms with van der Waals surface area (Å²) in [5.74, 6) is 0. The van der Waals surface area contributed by atoms with Crippen LogP contribution in [-0.2, 0) is 0 Å². The van der Waals surface area contributed by atoms with Crippen molar-refractivity contribution >= 4 is 54.6 Å². The molecule has 0 fully saturated rings. The largest absolute Gasteiger partial charge is 0.399 e. The highest BCUT2D eigenvalue weighted by Gasteiger charge is 2.17. The van der Waals surface area contributed by atoms with Gasteiger partial charge in [0.25, 0.3) is 0 Å². The van der Waals surface area contributed by atoms with Crippen LogP contribution in [0.2, 0.25) is 0 Å². The summed E-state index contributed by atoms with van der Waals surface area (Å²) in [4.78, 5) is 5.39. The van der Waals surface area contributed by atoms with Crippen LogP contribution in [0.4, 0.5) is 22.7 Å². The van der Waals surface area contributed by atoms with Gasteiger partial charge in [0, 0.05) is 27.6 Å². The van der Waals surface area contributed by atoms with Crippen molar-refractivity contribution < 1.29 is 0 Å². The molecule has 0 aliphatic heterocycles. The zero-order valence-electron chi connectivity index (χ0n) is 12.0. The summed E-state index contributed by atoms with van der Waals surface area (Å²) in [6, 6.07) is 23.9. The zero-order valence-corrected chi connectivity index (χ0v) is 15.2. The molecule has 5 heteroatoms. The first kappa shape index (κ1) is 15.7. The molecule has 23 heavy (non-hydrogen) atoms. The van der Waals surface area contributed by atoms with Gasteiger partial charge in [-0.15, -0.1) is 0 Å². The number of halogens is 2. The van der Waals surface area contributed by atoms with Gasteiger partial charge in [-0.25, -0.2) is 0 Å². The Morgan fingerprint density at radius 3 is 1.96 bits per heavy atom. The third kappa shape index (κ3) is 3.44. The fraction of sp³-hybridized carbons (Fsp3) is 0. The van der Waals surface area contributed by atoms with E-state index in [0.717, 1.165) is 26.0 Å². The van der Waals surface area contributed by atoms with Crippen LogP contribution in [0.25, 0.3) is 4.98 Å². The Hall–Kier alpha value is -2.16. The Kier molecular flexibility index (Phi) is 4.75. The van der Waals surface area contributed by atoms with Gasteiger partial charge in [-0.2, -0.15) is 0 Å². The highest BCUT2D eigenvalue weighted by Crippen LogP contribution is 2.38. The Morgan fingerprint density at radius 2 is 1.35 bits per heavy atom. The second-order valence-electron chi connectivity index (χ2n) is 4.88. The number of anilines is 3. The maximum atomic E-state index is 8.99. The molecular weight excluding hydrogens is 418 g/mol. The minimum Gasteiger partial charge on any atom is -0.310 e. The number of nitrogens with zero attached hydrogens (tertiary/aromatic N) is 3. The molecule has 0 amide bonds. The van der Waals surface area contributed by atoms with Crippen LogP contribution in [0.15, 0.2) is 81.7 Å². The van der Waals surface area contributed by atoms with E-state index in [9.17, 15) is 0 Å². The number of diazo groups is 1. The van der Waals surface area contributed by atoms with Crippen LogP contribution in [0.5, 0.6) is 0 Å². The van der Waals surface area contributed by atoms with Crippen LogP contribution in [0.1, 0.15) is 0 Å². The molecule has 0 radical (unpaired) electrons. The molecule has 3 aromatic rings. The predicted molar refractivity (Wildman–Crippen MR) is 101 cm³/mol. The molecule has 0 spiro atoms. The first-order valence-electron chi connectivity index (χ1n) is 6.94. The van der Waals surface area contributed by atoms with Gasteiger partial charge in [0.15, 0.2) is 4.98 Å². The van der Waals surface area contributed by atoms with Gasteiger partial charge >= 0.3 is 5.69 Å². The Labute approximate surface area is 151 Å². The van der Waals surface area contributed by atoms with Crippen molar-refractivity contribution in [1.82, 2.24) is 0 Å². The number of para-hydroxylation sites is 1. The average Bonchev–Trinajstić information content (AvgIpc) is 2.58. The highest BCUT2D eigenvalue weighted by atomic mass is 79.9. The van der Waals surface area contributed by atoms with Crippen molar-refractivity contribution in [2.75, 3.05) is 4.90 Å². The van der Waals surface area contributed by atoms with Gasteiger partial charge in [-0.05, 0) is 64.5 Å². The maximum absolute atomic E-state index is 8.99. The van der Waals surface area contributed by atoms with E-state index in [1.54, 1.807) is 6.07 Å². The number of benzene rings is 3. The number of rotatable bonds is 3. The van der Waals surface area contributed by atoms with Gasteiger partial charge in [0.2, 0.25) is 5.39 Å². The van der Waals surface area contributed by atoms with Crippen molar-refractivity contribution in [2.45, 2.75) is 0 Å².